The van der Waals surface area contributed by atoms with Crippen molar-refractivity contribution in [3.8, 4) is 23.1 Å². The second-order valence-electron chi connectivity index (χ2n) is 4.34. The van der Waals surface area contributed by atoms with Crippen LogP contribution in [0.3, 0.4) is 0 Å². The molecule has 0 saturated heterocycles. The smallest absolute Gasteiger partial charge is 0.422 e. The molecule has 0 saturated carbocycles. The summed E-state index contributed by atoms with van der Waals surface area (Å²) in [5, 5.41) is 9.42. The van der Waals surface area contributed by atoms with Crippen molar-refractivity contribution in [2.24, 2.45) is 0 Å². The third-order valence-electron chi connectivity index (χ3n) is 2.73. The van der Waals surface area contributed by atoms with E-state index >= 15 is 0 Å². The van der Waals surface area contributed by atoms with Gasteiger partial charge in [0.05, 0.1) is 5.69 Å². The second-order valence-corrected chi connectivity index (χ2v) is 5.13. The molecule has 23 heavy (non-hydrogen) atoms. The average Bonchev–Trinajstić information content (AvgIpc) is 2.52. The van der Waals surface area contributed by atoms with Crippen molar-refractivity contribution in [2.45, 2.75) is 11.3 Å². The van der Waals surface area contributed by atoms with E-state index in [1.165, 1.54) is 36.0 Å². The molecular formula is C14H10F3N3O2S. The minimum absolute atomic E-state index is 0.0273. The highest BCUT2D eigenvalue weighted by Crippen LogP contribution is 2.25. The Morgan fingerprint density at radius 2 is 2.00 bits per heavy atom. The molecule has 9 heteroatoms. The van der Waals surface area contributed by atoms with Crippen LogP contribution in [0.4, 0.5) is 13.2 Å². The largest absolute Gasteiger partial charge is 0.484 e. The Morgan fingerprint density at radius 3 is 2.52 bits per heavy atom. The number of rotatable bonds is 4. The molecule has 2 rings (SSSR count). The highest BCUT2D eigenvalue weighted by Gasteiger charge is 2.28. The quantitative estimate of drug-likeness (QED) is 0.683. The minimum Gasteiger partial charge on any atom is -0.484 e. The van der Waals surface area contributed by atoms with Crippen molar-refractivity contribution in [3.63, 3.8) is 0 Å². The van der Waals surface area contributed by atoms with E-state index in [4.69, 9.17) is 5.26 Å². The third kappa shape index (κ3) is 4.26. The van der Waals surface area contributed by atoms with Gasteiger partial charge in [-0.05, 0) is 30.5 Å². The minimum atomic E-state index is -4.42. The van der Waals surface area contributed by atoms with Crippen molar-refractivity contribution >= 4 is 11.8 Å². The molecule has 0 aliphatic heterocycles. The van der Waals surface area contributed by atoms with Crippen LogP contribution in [0.2, 0.25) is 0 Å². The second kappa shape index (κ2) is 6.75. The Morgan fingerprint density at radius 1 is 1.35 bits per heavy atom. The van der Waals surface area contributed by atoms with Gasteiger partial charge in [0, 0.05) is 5.56 Å². The van der Waals surface area contributed by atoms with E-state index in [9.17, 15) is 18.0 Å². The van der Waals surface area contributed by atoms with Crippen LogP contribution in [-0.2, 0) is 0 Å². The number of ether oxygens (including phenoxy) is 1. The summed E-state index contributed by atoms with van der Waals surface area (Å²) in [4.78, 5) is 18.5. The van der Waals surface area contributed by atoms with Gasteiger partial charge >= 0.3 is 6.18 Å². The molecule has 2 aromatic rings. The van der Waals surface area contributed by atoms with Gasteiger partial charge in [0.2, 0.25) is 0 Å². The summed E-state index contributed by atoms with van der Waals surface area (Å²) in [6.07, 6.45) is -2.71. The Hall–Kier alpha value is -2.47. The van der Waals surface area contributed by atoms with E-state index in [0.29, 0.717) is 10.7 Å². The number of thioether (sulfide) groups is 1. The highest BCUT2D eigenvalue weighted by atomic mass is 32.2. The molecule has 0 spiro atoms. The van der Waals surface area contributed by atoms with Gasteiger partial charge in [0.25, 0.3) is 5.56 Å². The van der Waals surface area contributed by atoms with Crippen LogP contribution >= 0.6 is 11.8 Å². The molecule has 0 fully saturated rings. The molecule has 0 aliphatic carbocycles. The van der Waals surface area contributed by atoms with Crippen molar-refractivity contribution < 1.29 is 17.9 Å². The van der Waals surface area contributed by atoms with Crippen LogP contribution in [0.5, 0.6) is 5.75 Å². The molecule has 0 amide bonds. The standard InChI is InChI=1S/C14H10F3N3O2S/c1-23-13-19-11(10(6-18)12(21)20-13)8-2-4-9(5-3-8)22-7-14(15,16)17/h2-5H,7H2,1H3,(H,19,20,21). The Bertz CT molecular complexity index is 795. The summed E-state index contributed by atoms with van der Waals surface area (Å²) in [6, 6.07) is 7.31. The highest BCUT2D eigenvalue weighted by molar-refractivity contribution is 7.98. The fraction of sp³-hybridized carbons (Fsp3) is 0.214. The van der Waals surface area contributed by atoms with Gasteiger partial charge < -0.3 is 9.72 Å². The lowest BCUT2D eigenvalue weighted by atomic mass is 10.1. The molecule has 0 radical (unpaired) electrons. The van der Waals surface area contributed by atoms with Crippen LogP contribution in [0.15, 0.2) is 34.2 Å². The summed E-state index contributed by atoms with van der Waals surface area (Å²) in [5.41, 5.74) is -0.128. The van der Waals surface area contributed by atoms with Crippen molar-refractivity contribution in [1.82, 2.24) is 9.97 Å². The van der Waals surface area contributed by atoms with Gasteiger partial charge in [-0.1, -0.05) is 11.8 Å². The Kier molecular flexibility index (Phi) is 4.95. The molecular weight excluding hydrogens is 331 g/mol. The maximum Gasteiger partial charge on any atom is 0.422 e. The van der Waals surface area contributed by atoms with Crippen LogP contribution in [-0.4, -0.2) is 29.0 Å². The van der Waals surface area contributed by atoms with E-state index < -0.39 is 18.3 Å². The maximum atomic E-state index is 12.1. The molecule has 0 atom stereocenters. The number of H-pyrrole nitrogens is 1. The van der Waals surface area contributed by atoms with Gasteiger partial charge in [-0.3, -0.25) is 4.79 Å². The van der Waals surface area contributed by atoms with Crippen LogP contribution < -0.4 is 10.3 Å². The van der Waals surface area contributed by atoms with Crippen LogP contribution in [0, 0.1) is 11.3 Å². The van der Waals surface area contributed by atoms with E-state index in [1.807, 2.05) is 0 Å². The summed E-state index contributed by atoms with van der Waals surface area (Å²) < 4.78 is 40.9. The van der Waals surface area contributed by atoms with E-state index in [2.05, 4.69) is 14.7 Å². The molecule has 0 aliphatic rings. The number of nitrogens with zero attached hydrogens (tertiary/aromatic N) is 2. The van der Waals surface area contributed by atoms with Crippen molar-refractivity contribution in [1.29, 1.82) is 5.26 Å². The summed E-state index contributed by atoms with van der Waals surface area (Å²) in [6.45, 7) is -1.39. The van der Waals surface area contributed by atoms with E-state index in [-0.39, 0.29) is 17.0 Å². The first kappa shape index (κ1) is 16.9. The lowest BCUT2D eigenvalue weighted by molar-refractivity contribution is -0.153. The summed E-state index contributed by atoms with van der Waals surface area (Å²) >= 11 is 1.20. The average molecular weight is 341 g/mol. The first-order valence-corrected chi connectivity index (χ1v) is 7.45. The summed E-state index contributed by atoms with van der Waals surface area (Å²) in [7, 11) is 0. The first-order chi connectivity index (χ1) is 10.8. The predicted molar refractivity (Wildman–Crippen MR) is 78.3 cm³/mol. The summed E-state index contributed by atoms with van der Waals surface area (Å²) in [5.74, 6) is 0.0273. The van der Waals surface area contributed by atoms with Crippen molar-refractivity contribution in [2.75, 3.05) is 12.9 Å². The number of alkyl halides is 3. The number of benzene rings is 1. The normalized spacial score (nSPS) is 11.1. The van der Waals surface area contributed by atoms with E-state index in [1.54, 1.807) is 12.3 Å². The predicted octanol–water partition coefficient (Wildman–Crippen LogP) is 2.97. The number of hydrogen-bond acceptors (Lipinski definition) is 5. The molecule has 1 N–H and O–H groups in total. The molecule has 5 nitrogen and oxygen atoms in total. The van der Waals surface area contributed by atoms with Crippen molar-refractivity contribution in [3.05, 3.63) is 40.2 Å². The topological polar surface area (TPSA) is 78.8 Å². The monoisotopic (exact) mass is 341 g/mol. The fourth-order valence-electron chi connectivity index (χ4n) is 1.74. The SMILES string of the molecule is CSc1nc(-c2ccc(OCC(F)(F)F)cc2)c(C#N)c(=O)[nH]1. The molecule has 0 unspecified atom stereocenters. The van der Waals surface area contributed by atoms with Gasteiger partial charge in [0.1, 0.15) is 17.4 Å². The number of aromatic nitrogens is 2. The van der Waals surface area contributed by atoms with Crippen LogP contribution in [0.1, 0.15) is 5.56 Å². The molecule has 120 valence electrons. The zero-order chi connectivity index (χ0) is 17.0. The maximum absolute atomic E-state index is 12.1. The van der Waals surface area contributed by atoms with Crippen LogP contribution in [0.25, 0.3) is 11.3 Å². The Balaban J connectivity index is 2.35. The number of hydrogen-bond donors (Lipinski definition) is 1. The molecule has 1 aromatic carbocycles. The zero-order valence-electron chi connectivity index (χ0n) is 11.8. The fourth-order valence-corrected chi connectivity index (χ4v) is 2.11. The van der Waals surface area contributed by atoms with Gasteiger partial charge in [-0.15, -0.1) is 0 Å². The molecule has 1 aromatic heterocycles. The number of nitriles is 1. The van der Waals surface area contributed by atoms with Gasteiger partial charge in [-0.2, -0.15) is 18.4 Å². The lowest BCUT2D eigenvalue weighted by Gasteiger charge is -2.10. The number of aromatic amines is 1. The first-order valence-electron chi connectivity index (χ1n) is 6.22. The number of nitrogens with one attached hydrogen (secondary N) is 1. The van der Waals surface area contributed by atoms with E-state index in [0.717, 1.165) is 0 Å². The molecule has 1 heterocycles. The number of halogens is 3. The van der Waals surface area contributed by atoms with Gasteiger partial charge in [-0.25, -0.2) is 4.98 Å². The lowest BCUT2D eigenvalue weighted by Crippen LogP contribution is -2.19. The zero-order valence-corrected chi connectivity index (χ0v) is 12.6. The third-order valence-corrected chi connectivity index (χ3v) is 3.31. The Labute approximate surface area is 133 Å². The van der Waals surface area contributed by atoms with Gasteiger partial charge in [0.15, 0.2) is 11.8 Å². The molecule has 0 bridgehead atoms.